The topological polar surface area (TPSA) is 57.7 Å². The van der Waals surface area contributed by atoms with Crippen molar-refractivity contribution in [3.63, 3.8) is 0 Å². The molecule has 1 heterocycles. The van der Waals surface area contributed by atoms with E-state index in [0.29, 0.717) is 18.7 Å². The number of hydrogen-bond acceptors (Lipinski definition) is 4. The summed E-state index contributed by atoms with van der Waals surface area (Å²) >= 11 is 0. The van der Waals surface area contributed by atoms with Crippen LogP contribution in [0.5, 0.6) is 0 Å². The molecule has 2 aromatic carbocycles. The van der Waals surface area contributed by atoms with Gasteiger partial charge in [-0.1, -0.05) is 42.5 Å². The Morgan fingerprint density at radius 1 is 1.00 bits per heavy atom. The Morgan fingerprint density at radius 2 is 1.63 bits per heavy atom. The van der Waals surface area contributed by atoms with Crippen molar-refractivity contribution in [2.45, 2.75) is 44.3 Å². The van der Waals surface area contributed by atoms with Crippen molar-refractivity contribution in [2.75, 3.05) is 13.1 Å². The molecule has 1 fully saturated rings. The zero-order chi connectivity index (χ0) is 19.6. The minimum atomic E-state index is -3.63. The Bertz CT molecular complexity index is 900. The second kappa shape index (κ2) is 7.92. The summed E-state index contributed by atoms with van der Waals surface area (Å²) in [5, 5.41) is 0. The molecule has 1 aliphatic rings. The van der Waals surface area contributed by atoms with Crippen LogP contribution in [0.4, 0.5) is 0 Å². The van der Waals surface area contributed by atoms with Gasteiger partial charge in [-0.3, -0.25) is 9.69 Å². The number of benzene rings is 2. The zero-order valence-corrected chi connectivity index (χ0v) is 16.8. The van der Waals surface area contributed by atoms with Crippen LogP contribution in [-0.4, -0.2) is 48.6 Å². The highest BCUT2D eigenvalue weighted by Gasteiger charge is 2.36. The van der Waals surface area contributed by atoms with Gasteiger partial charge in [0.1, 0.15) is 0 Å². The van der Waals surface area contributed by atoms with Crippen molar-refractivity contribution in [1.82, 2.24) is 9.21 Å². The molecular formula is C21H26N2O3S. The van der Waals surface area contributed by atoms with Crippen LogP contribution in [0.1, 0.15) is 36.7 Å². The first-order valence-corrected chi connectivity index (χ1v) is 10.6. The first kappa shape index (κ1) is 19.7. The van der Waals surface area contributed by atoms with Crippen molar-refractivity contribution in [3.05, 3.63) is 65.7 Å². The molecule has 0 aromatic heterocycles. The Labute approximate surface area is 161 Å². The maximum Gasteiger partial charge on any atom is 0.243 e. The van der Waals surface area contributed by atoms with Crippen LogP contribution < -0.4 is 0 Å². The highest BCUT2D eigenvalue weighted by molar-refractivity contribution is 7.89. The minimum absolute atomic E-state index is 0.0970. The lowest BCUT2D eigenvalue weighted by molar-refractivity contribution is 0.0699. The molecule has 2 unspecified atom stereocenters. The number of nitrogens with zero attached hydrogens (tertiary/aromatic N) is 2. The summed E-state index contributed by atoms with van der Waals surface area (Å²) in [5.41, 5.74) is 1.64. The molecular weight excluding hydrogens is 360 g/mol. The van der Waals surface area contributed by atoms with Gasteiger partial charge >= 0.3 is 0 Å². The predicted octanol–water partition coefficient (Wildman–Crippen LogP) is 3.17. The fourth-order valence-electron chi connectivity index (χ4n) is 3.63. The lowest BCUT2D eigenvalue weighted by Gasteiger charge is -2.43. The number of piperazine rings is 1. The van der Waals surface area contributed by atoms with Gasteiger partial charge in [0, 0.05) is 37.3 Å². The Kier molecular flexibility index (Phi) is 5.79. The Hall–Kier alpha value is -2.02. The van der Waals surface area contributed by atoms with Crippen molar-refractivity contribution < 1.29 is 13.2 Å². The maximum absolute atomic E-state index is 13.1. The number of sulfonamides is 1. The van der Waals surface area contributed by atoms with Gasteiger partial charge in [0.15, 0.2) is 5.78 Å². The molecule has 144 valence electrons. The minimum Gasteiger partial charge on any atom is -0.295 e. The van der Waals surface area contributed by atoms with E-state index < -0.39 is 10.0 Å². The lowest BCUT2D eigenvalue weighted by Crippen LogP contribution is -2.57. The third kappa shape index (κ3) is 4.29. The zero-order valence-electron chi connectivity index (χ0n) is 16.0. The molecule has 6 heteroatoms. The van der Waals surface area contributed by atoms with Crippen molar-refractivity contribution in [1.29, 1.82) is 0 Å². The van der Waals surface area contributed by atoms with E-state index >= 15 is 0 Å². The Morgan fingerprint density at radius 3 is 2.22 bits per heavy atom. The monoisotopic (exact) mass is 386 g/mol. The summed E-state index contributed by atoms with van der Waals surface area (Å²) in [6.45, 7) is 7.24. The molecule has 3 rings (SSSR count). The molecule has 0 spiro atoms. The lowest BCUT2D eigenvalue weighted by atomic mass is 10.1. The van der Waals surface area contributed by atoms with E-state index in [9.17, 15) is 13.2 Å². The molecule has 1 saturated heterocycles. The molecule has 5 nitrogen and oxygen atoms in total. The van der Waals surface area contributed by atoms with E-state index in [-0.39, 0.29) is 22.8 Å². The summed E-state index contributed by atoms with van der Waals surface area (Å²) in [6.07, 6.45) is 0. The first-order chi connectivity index (χ1) is 12.8. The summed E-state index contributed by atoms with van der Waals surface area (Å²) in [7, 11) is -3.63. The fourth-order valence-corrected chi connectivity index (χ4v) is 5.28. The maximum atomic E-state index is 13.1. The van der Waals surface area contributed by atoms with Gasteiger partial charge in [0.2, 0.25) is 10.0 Å². The molecule has 27 heavy (non-hydrogen) atoms. The number of rotatable bonds is 5. The molecule has 2 aromatic rings. The van der Waals surface area contributed by atoms with Crippen LogP contribution in [-0.2, 0) is 16.6 Å². The van der Waals surface area contributed by atoms with Gasteiger partial charge in [-0.05, 0) is 38.5 Å². The van der Waals surface area contributed by atoms with Crippen LogP contribution >= 0.6 is 0 Å². The third-order valence-corrected chi connectivity index (χ3v) is 6.98. The standard InChI is InChI=1S/C21H26N2O3S/c1-16-13-22(14-17(2)23(16)15-19-8-5-4-6-9-19)27(25,26)21-11-7-10-20(12-21)18(3)24/h4-12,16-17H,13-15H2,1-3H3. The van der Waals surface area contributed by atoms with Crippen molar-refractivity contribution in [3.8, 4) is 0 Å². The van der Waals surface area contributed by atoms with Gasteiger partial charge in [0.25, 0.3) is 0 Å². The summed E-state index contributed by atoms with van der Waals surface area (Å²) < 4.78 is 27.8. The molecule has 0 radical (unpaired) electrons. The molecule has 0 saturated carbocycles. The number of Topliss-reactive ketones (excluding diaryl/α,β-unsaturated/α-hetero) is 1. The van der Waals surface area contributed by atoms with E-state index in [2.05, 4.69) is 30.9 Å². The number of carbonyl (C=O) groups excluding carboxylic acids is 1. The molecule has 0 bridgehead atoms. The smallest absolute Gasteiger partial charge is 0.243 e. The number of ketones is 1. The average molecular weight is 387 g/mol. The SMILES string of the molecule is CC(=O)c1cccc(S(=O)(=O)N2CC(C)N(Cc3ccccc3)C(C)C2)c1. The highest BCUT2D eigenvalue weighted by Crippen LogP contribution is 2.25. The van der Waals surface area contributed by atoms with Gasteiger partial charge in [-0.2, -0.15) is 4.31 Å². The van der Waals surface area contributed by atoms with Gasteiger partial charge in [0.05, 0.1) is 4.90 Å². The molecule has 0 N–H and O–H groups in total. The number of carbonyl (C=O) groups is 1. The van der Waals surface area contributed by atoms with Crippen molar-refractivity contribution in [2.24, 2.45) is 0 Å². The average Bonchev–Trinajstić information content (AvgIpc) is 2.65. The highest BCUT2D eigenvalue weighted by atomic mass is 32.2. The quantitative estimate of drug-likeness (QED) is 0.741. The molecule has 2 atom stereocenters. The second-order valence-corrected chi connectivity index (χ2v) is 9.20. The summed E-state index contributed by atoms with van der Waals surface area (Å²) in [4.78, 5) is 14.1. The van der Waals surface area contributed by atoms with E-state index in [1.165, 1.54) is 18.6 Å². The Balaban J connectivity index is 1.79. The van der Waals surface area contributed by atoms with E-state index in [1.54, 1.807) is 22.5 Å². The summed E-state index contributed by atoms with van der Waals surface area (Å²) in [6, 6.07) is 16.7. The van der Waals surface area contributed by atoms with Gasteiger partial charge in [-0.15, -0.1) is 0 Å². The van der Waals surface area contributed by atoms with Gasteiger partial charge in [-0.25, -0.2) is 8.42 Å². The van der Waals surface area contributed by atoms with Crippen LogP contribution in [0, 0.1) is 0 Å². The molecule has 0 aliphatic carbocycles. The van der Waals surface area contributed by atoms with Crippen LogP contribution in [0.25, 0.3) is 0 Å². The van der Waals surface area contributed by atoms with Crippen LogP contribution in [0.15, 0.2) is 59.5 Å². The molecule has 0 amide bonds. The van der Waals surface area contributed by atoms with Gasteiger partial charge < -0.3 is 0 Å². The van der Waals surface area contributed by atoms with Crippen LogP contribution in [0.2, 0.25) is 0 Å². The largest absolute Gasteiger partial charge is 0.295 e. The van der Waals surface area contributed by atoms with E-state index in [4.69, 9.17) is 0 Å². The number of hydrogen-bond donors (Lipinski definition) is 0. The van der Waals surface area contributed by atoms with E-state index in [1.807, 2.05) is 18.2 Å². The van der Waals surface area contributed by atoms with Crippen LogP contribution in [0.3, 0.4) is 0 Å². The van der Waals surface area contributed by atoms with E-state index in [0.717, 1.165) is 6.54 Å². The fraction of sp³-hybridized carbons (Fsp3) is 0.381. The third-order valence-electron chi connectivity index (χ3n) is 5.15. The van der Waals surface area contributed by atoms with Crippen molar-refractivity contribution >= 4 is 15.8 Å². The summed E-state index contributed by atoms with van der Waals surface area (Å²) in [5.74, 6) is -0.138. The predicted molar refractivity (Wildman–Crippen MR) is 106 cm³/mol. The normalized spacial score (nSPS) is 21.9. The second-order valence-electron chi connectivity index (χ2n) is 7.26. The first-order valence-electron chi connectivity index (χ1n) is 9.20. The molecule has 1 aliphatic heterocycles.